The summed E-state index contributed by atoms with van der Waals surface area (Å²) in [6.45, 7) is 7.19. The summed E-state index contributed by atoms with van der Waals surface area (Å²) in [6.07, 6.45) is 6.15. The number of carbonyl (C=O) groups is 1. The van der Waals surface area contributed by atoms with Gasteiger partial charge in [0.05, 0.1) is 0 Å². The molecule has 23 heavy (non-hydrogen) atoms. The molecule has 0 N–H and O–H groups in total. The molecule has 0 aliphatic carbocycles. The first-order valence-electron chi connectivity index (χ1n) is 8.15. The highest BCUT2D eigenvalue weighted by molar-refractivity contribution is 5.80. The zero-order valence-corrected chi connectivity index (χ0v) is 13.7. The fourth-order valence-corrected chi connectivity index (χ4v) is 3.10. The fourth-order valence-electron chi connectivity index (χ4n) is 3.10. The van der Waals surface area contributed by atoms with Crippen molar-refractivity contribution in [2.45, 2.75) is 26.3 Å². The molecule has 1 aliphatic heterocycles. The number of piperazine rings is 1. The lowest BCUT2D eigenvalue weighted by Crippen LogP contribution is -2.51. The van der Waals surface area contributed by atoms with Crippen LogP contribution in [0.4, 0.5) is 5.82 Å². The molecule has 6 nitrogen and oxygen atoms in total. The summed E-state index contributed by atoms with van der Waals surface area (Å²) in [6, 6.07) is 5.69. The van der Waals surface area contributed by atoms with Gasteiger partial charge in [-0.1, -0.05) is 13.0 Å². The lowest BCUT2D eigenvalue weighted by Gasteiger charge is -2.37. The van der Waals surface area contributed by atoms with E-state index in [9.17, 15) is 4.79 Å². The Bertz CT molecular complexity index is 647. The van der Waals surface area contributed by atoms with E-state index in [1.165, 1.54) is 5.56 Å². The highest BCUT2D eigenvalue weighted by atomic mass is 16.2. The third-order valence-electron chi connectivity index (χ3n) is 4.39. The van der Waals surface area contributed by atoms with Crippen molar-refractivity contribution >= 4 is 11.7 Å². The Hall–Kier alpha value is -2.37. The average Bonchev–Trinajstić information content (AvgIpc) is 3.10. The van der Waals surface area contributed by atoms with Crippen molar-refractivity contribution in [1.29, 1.82) is 0 Å². The molecule has 0 spiro atoms. The summed E-state index contributed by atoms with van der Waals surface area (Å²) in [5.41, 5.74) is 1.18. The molecule has 1 aliphatic rings. The molecule has 1 atom stereocenters. The second-order valence-electron chi connectivity index (χ2n) is 5.87. The van der Waals surface area contributed by atoms with E-state index >= 15 is 0 Å². The largest absolute Gasteiger partial charge is 0.353 e. The van der Waals surface area contributed by atoms with Crippen molar-refractivity contribution in [1.82, 2.24) is 19.7 Å². The van der Waals surface area contributed by atoms with Crippen molar-refractivity contribution in [3.05, 3.63) is 42.4 Å². The summed E-state index contributed by atoms with van der Waals surface area (Å²) >= 11 is 0. The van der Waals surface area contributed by atoms with Gasteiger partial charge in [-0.15, -0.1) is 0 Å². The van der Waals surface area contributed by atoms with Crippen molar-refractivity contribution in [3.63, 3.8) is 0 Å². The van der Waals surface area contributed by atoms with Gasteiger partial charge in [-0.05, 0) is 31.0 Å². The number of amides is 1. The third-order valence-corrected chi connectivity index (χ3v) is 4.39. The number of carbonyl (C=O) groups excluding carboxylic acids is 1. The number of pyridine rings is 1. The molecule has 3 rings (SSSR count). The first-order valence-corrected chi connectivity index (χ1v) is 8.15. The molecule has 122 valence electrons. The fraction of sp³-hybridized carbons (Fsp3) is 0.471. The Balaban J connectivity index is 1.64. The maximum Gasteiger partial charge on any atom is 0.247 e. The maximum absolute atomic E-state index is 12.8. The molecule has 1 amide bonds. The minimum atomic E-state index is -0.201. The molecule has 2 aromatic heterocycles. The molecule has 0 radical (unpaired) electrons. The topological polar surface area (TPSA) is 54.3 Å². The average molecular weight is 313 g/mol. The number of aromatic nitrogens is 3. The summed E-state index contributed by atoms with van der Waals surface area (Å²) < 4.78 is 1.76. The summed E-state index contributed by atoms with van der Waals surface area (Å²) in [4.78, 5) is 21.4. The van der Waals surface area contributed by atoms with Crippen LogP contribution >= 0.6 is 0 Å². The highest BCUT2D eigenvalue weighted by Gasteiger charge is 2.28. The minimum Gasteiger partial charge on any atom is -0.353 e. The highest BCUT2D eigenvalue weighted by Crippen LogP contribution is 2.20. The van der Waals surface area contributed by atoms with E-state index < -0.39 is 0 Å². The number of hydrogen-bond donors (Lipinski definition) is 0. The smallest absolute Gasteiger partial charge is 0.247 e. The van der Waals surface area contributed by atoms with Crippen LogP contribution in [-0.4, -0.2) is 51.8 Å². The van der Waals surface area contributed by atoms with E-state index in [0.29, 0.717) is 0 Å². The van der Waals surface area contributed by atoms with Gasteiger partial charge in [0.2, 0.25) is 5.91 Å². The Labute approximate surface area is 136 Å². The van der Waals surface area contributed by atoms with Gasteiger partial charge in [-0.25, -0.2) is 4.98 Å². The van der Waals surface area contributed by atoms with Crippen LogP contribution in [0.2, 0.25) is 0 Å². The zero-order valence-electron chi connectivity index (χ0n) is 13.7. The summed E-state index contributed by atoms with van der Waals surface area (Å²) in [5.74, 6) is 1.19. The molecule has 1 fully saturated rings. The molecule has 2 aromatic rings. The Morgan fingerprint density at radius 1 is 1.22 bits per heavy atom. The van der Waals surface area contributed by atoms with Gasteiger partial charge in [0, 0.05) is 44.8 Å². The van der Waals surface area contributed by atoms with E-state index in [-0.39, 0.29) is 11.9 Å². The molecule has 3 heterocycles. The van der Waals surface area contributed by atoms with Crippen LogP contribution in [0.3, 0.4) is 0 Å². The molecule has 6 heteroatoms. The number of anilines is 1. The normalized spacial score (nSPS) is 16.4. The van der Waals surface area contributed by atoms with Gasteiger partial charge < -0.3 is 9.80 Å². The SMILES string of the molecule is CC[C@@H](C(=O)N1CCN(c2ncccc2C)CC1)n1cccn1. The minimum absolute atomic E-state index is 0.161. The molecular formula is C17H23N5O. The van der Waals surface area contributed by atoms with Crippen LogP contribution in [0, 0.1) is 6.92 Å². The van der Waals surface area contributed by atoms with Crippen LogP contribution in [-0.2, 0) is 4.79 Å². The Kier molecular flexibility index (Phi) is 4.60. The van der Waals surface area contributed by atoms with Crippen LogP contribution in [0.1, 0.15) is 24.9 Å². The maximum atomic E-state index is 12.8. The van der Waals surface area contributed by atoms with E-state index in [2.05, 4.69) is 28.0 Å². The second kappa shape index (κ2) is 6.81. The van der Waals surface area contributed by atoms with Crippen LogP contribution < -0.4 is 4.90 Å². The summed E-state index contributed by atoms with van der Waals surface area (Å²) in [7, 11) is 0. The quantitative estimate of drug-likeness (QED) is 0.865. The van der Waals surface area contributed by atoms with Crippen molar-refractivity contribution < 1.29 is 4.79 Å². The molecule has 0 aromatic carbocycles. The summed E-state index contributed by atoms with van der Waals surface area (Å²) in [5, 5.41) is 4.23. The Morgan fingerprint density at radius 2 is 2.00 bits per heavy atom. The predicted molar refractivity (Wildman–Crippen MR) is 89.3 cm³/mol. The lowest BCUT2D eigenvalue weighted by atomic mass is 10.1. The second-order valence-corrected chi connectivity index (χ2v) is 5.87. The predicted octanol–water partition coefficient (Wildman–Crippen LogP) is 1.89. The van der Waals surface area contributed by atoms with Crippen LogP contribution in [0.25, 0.3) is 0 Å². The monoisotopic (exact) mass is 313 g/mol. The number of aryl methyl sites for hydroxylation is 1. The van der Waals surface area contributed by atoms with Crippen LogP contribution in [0.15, 0.2) is 36.8 Å². The molecular weight excluding hydrogens is 290 g/mol. The first-order chi connectivity index (χ1) is 11.2. The number of hydrogen-bond acceptors (Lipinski definition) is 4. The molecule has 1 saturated heterocycles. The van der Waals surface area contributed by atoms with E-state index in [1.807, 2.05) is 36.4 Å². The van der Waals surface area contributed by atoms with Gasteiger partial charge in [0.1, 0.15) is 11.9 Å². The standard InChI is InChI=1S/C17H23N5O/c1-3-15(22-9-5-8-19-22)17(23)21-12-10-20(11-13-21)16-14(2)6-4-7-18-16/h4-9,15H,3,10-13H2,1-2H3/t15-/m0/s1. The van der Waals surface area contributed by atoms with Gasteiger partial charge in [-0.2, -0.15) is 5.10 Å². The van der Waals surface area contributed by atoms with Gasteiger partial charge in [-0.3, -0.25) is 9.48 Å². The van der Waals surface area contributed by atoms with Crippen LogP contribution in [0.5, 0.6) is 0 Å². The van der Waals surface area contributed by atoms with Gasteiger partial charge in [0.15, 0.2) is 0 Å². The van der Waals surface area contributed by atoms with E-state index in [4.69, 9.17) is 0 Å². The first kappa shape index (κ1) is 15.5. The number of nitrogens with zero attached hydrogens (tertiary/aromatic N) is 5. The zero-order chi connectivity index (χ0) is 16.2. The lowest BCUT2D eigenvalue weighted by molar-refractivity contribution is -0.135. The van der Waals surface area contributed by atoms with Crippen molar-refractivity contribution in [3.8, 4) is 0 Å². The molecule has 0 saturated carbocycles. The molecule has 0 bridgehead atoms. The van der Waals surface area contributed by atoms with Crippen molar-refractivity contribution in [2.75, 3.05) is 31.1 Å². The van der Waals surface area contributed by atoms with Gasteiger partial charge >= 0.3 is 0 Å². The third kappa shape index (κ3) is 3.21. The molecule has 0 unspecified atom stereocenters. The van der Waals surface area contributed by atoms with E-state index in [0.717, 1.165) is 38.4 Å². The van der Waals surface area contributed by atoms with Crippen molar-refractivity contribution in [2.24, 2.45) is 0 Å². The van der Waals surface area contributed by atoms with Gasteiger partial charge in [0.25, 0.3) is 0 Å². The van der Waals surface area contributed by atoms with E-state index in [1.54, 1.807) is 10.9 Å². The number of rotatable bonds is 4. The Morgan fingerprint density at radius 3 is 2.61 bits per heavy atom.